The second-order valence-electron chi connectivity index (χ2n) is 4.78. The lowest BCUT2D eigenvalue weighted by atomic mass is 10.2. The highest BCUT2D eigenvalue weighted by Gasteiger charge is 2.18. The van der Waals surface area contributed by atoms with Gasteiger partial charge in [0.1, 0.15) is 17.1 Å². The number of nitrogens with zero attached hydrogens (tertiary/aromatic N) is 2. The van der Waals surface area contributed by atoms with Gasteiger partial charge in [-0.15, -0.1) is 0 Å². The molecule has 0 atom stereocenters. The van der Waals surface area contributed by atoms with Gasteiger partial charge >= 0.3 is 0 Å². The minimum atomic E-state index is -0.229. The molecule has 3 aromatic rings. The molecule has 0 unspecified atom stereocenters. The van der Waals surface area contributed by atoms with Gasteiger partial charge in [0.15, 0.2) is 0 Å². The third kappa shape index (κ3) is 2.57. The normalized spacial score (nSPS) is 10.7. The van der Waals surface area contributed by atoms with Crippen molar-refractivity contribution < 1.29 is 9.53 Å². The van der Waals surface area contributed by atoms with Crippen LogP contribution in [0, 0.1) is 6.92 Å². The second-order valence-corrected chi connectivity index (χ2v) is 5.69. The number of hydrogen-bond donors (Lipinski definition) is 1. The van der Waals surface area contributed by atoms with E-state index in [1.54, 1.807) is 23.6 Å². The van der Waals surface area contributed by atoms with Crippen LogP contribution in [0.25, 0.3) is 5.65 Å². The molecule has 5 nitrogen and oxygen atoms in total. The first kappa shape index (κ1) is 14.6. The summed E-state index contributed by atoms with van der Waals surface area (Å²) in [6, 6.07) is 11.0. The maximum absolute atomic E-state index is 12.6. The van der Waals surface area contributed by atoms with Gasteiger partial charge in [-0.3, -0.25) is 9.20 Å². The Hall–Kier alpha value is -2.34. The van der Waals surface area contributed by atoms with E-state index in [1.165, 1.54) is 0 Å². The van der Waals surface area contributed by atoms with Crippen molar-refractivity contribution in [3.8, 4) is 5.75 Å². The van der Waals surface area contributed by atoms with E-state index < -0.39 is 0 Å². The van der Waals surface area contributed by atoms with Gasteiger partial charge in [0.25, 0.3) is 5.91 Å². The van der Waals surface area contributed by atoms with E-state index in [0.717, 1.165) is 10.1 Å². The monoisotopic (exact) mass is 359 g/mol. The highest BCUT2D eigenvalue weighted by molar-refractivity contribution is 9.10. The Morgan fingerprint density at radius 1 is 1.27 bits per heavy atom. The highest BCUT2D eigenvalue weighted by atomic mass is 79.9. The van der Waals surface area contributed by atoms with Crippen LogP contribution in [0.2, 0.25) is 0 Å². The molecule has 22 heavy (non-hydrogen) atoms. The summed E-state index contributed by atoms with van der Waals surface area (Å²) in [5.74, 6) is 0.385. The third-order valence-corrected chi connectivity index (χ3v) is 3.80. The number of imidazole rings is 1. The largest absolute Gasteiger partial charge is 0.495 e. The number of hydrogen-bond acceptors (Lipinski definition) is 3. The molecule has 1 amide bonds. The van der Waals surface area contributed by atoms with Gasteiger partial charge in [0.05, 0.1) is 18.5 Å². The van der Waals surface area contributed by atoms with E-state index in [-0.39, 0.29) is 5.91 Å². The van der Waals surface area contributed by atoms with Crippen LogP contribution in [0.5, 0.6) is 5.75 Å². The Balaban J connectivity index is 2.02. The van der Waals surface area contributed by atoms with Gasteiger partial charge < -0.3 is 10.1 Å². The number of carbonyl (C=O) groups excluding carboxylic acids is 1. The lowest BCUT2D eigenvalue weighted by molar-refractivity contribution is 0.102. The maximum Gasteiger partial charge on any atom is 0.274 e. The minimum absolute atomic E-state index is 0.229. The summed E-state index contributed by atoms with van der Waals surface area (Å²) < 4.78 is 7.90. The molecule has 0 aliphatic carbocycles. The van der Waals surface area contributed by atoms with E-state index in [9.17, 15) is 4.79 Å². The fraction of sp³-hybridized carbons (Fsp3) is 0.125. The molecule has 6 heteroatoms. The lowest BCUT2D eigenvalue weighted by Crippen LogP contribution is -2.16. The quantitative estimate of drug-likeness (QED) is 0.776. The molecule has 0 bridgehead atoms. The highest BCUT2D eigenvalue weighted by Crippen LogP contribution is 2.24. The van der Waals surface area contributed by atoms with Crippen molar-refractivity contribution >= 4 is 33.2 Å². The molecular weight excluding hydrogens is 346 g/mol. The molecule has 2 heterocycles. The molecule has 0 aliphatic heterocycles. The number of halogens is 1. The molecule has 0 radical (unpaired) electrons. The van der Waals surface area contributed by atoms with Crippen molar-refractivity contribution in [1.29, 1.82) is 0 Å². The summed E-state index contributed by atoms with van der Waals surface area (Å²) in [5.41, 5.74) is 2.53. The molecular formula is C16H14BrN3O2. The SMILES string of the molecule is COc1ccccc1NC(=O)c1c(C)nc2ccc(Br)cn12. The van der Waals surface area contributed by atoms with Gasteiger partial charge in [-0.1, -0.05) is 12.1 Å². The zero-order valence-electron chi connectivity index (χ0n) is 12.1. The number of carbonyl (C=O) groups is 1. The number of pyridine rings is 1. The summed E-state index contributed by atoms with van der Waals surface area (Å²) in [5, 5.41) is 2.88. The molecule has 112 valence electrons. The summed E-state index contributed by atoms with van der Waals surface area (Å²) in [6.07, 6.45) is 1.83. The number of benzene rings is 1. The van der Waals surface area contributed by atoms with Crippen molar-refractivity contribution in [2.45, 2.75) is 6.92 Å². The maximum atomic E-state index is 12.6. The number of methoxy groups -OCH3 is 1. The summed E-state index contributed by atoms with van der Waals surface area (Å²) in [7, 11) is 1.57. The van der Waals surface area contributed by atoms with Crippen molar-refractivity contribution in [3.63, 3.8) is 0 Å². The molecule has 2 aromatic heterocycles. The van der Waals surface area contributed by atoms with Gasteiger partial charge in [-0.05, 0) is 47.1 Å². The topological polar surface area (TPSA) is 55.6 Å². The predicted octanol–water partition coefficient (Wildman–Crippen LogP) is 3.67. The van der Waals surface area contributed by atoms with Crippen molar-refractivity contribution in [2.75, 3.05) is 12.4 Å². The van der Waals surface area contributed by atoms with E-state index in [4.69, 9.17) is 4.74 Å². The fourth-order valence-corrected chi connectivity index (χ4v) is 2.68. The smallest absolute Gasteiger partial charge is 0.274 e. The zero-order chi connectivity index (χ0) is 15.7. The Morgan fingerprint density at radius 2 is 2.05 bits per heavy atom. The van der Waals surface area contributed by atoms with E-state index in [0.29, 0.717) is 22.8 Å². The summed E-state index contributed by atoms with van der Waals surface area (Å²) in [6.45, 7) is 1.82. The molecule has 1 aromatic carbocycles. The van der Waals surface area contributed by atoms with Crippen LogP contribution < -0.4 is 10.1 Å². The van der Waals surface area contributed by atoms with Gasteiger partial charge in [-0.25, -0.2) is 4.98 Å². The van der Waals surface area contributed by atoms with Crippen LogP contribution >= 0.6 is 15.9 Å². The van der Waals surface area contributed by atoms with Crippen molar-refractivity contribution in [2.24, 2.45) is 0 Å². The molecule has 0 fully saturated rings. The van der Waals surface area contributed by atoms with Crippen molar-refractivity contribution in [1.82, 2.24) is 9.38 Å². The van der Waals surface area contributed by atoms with Gasteiger partial charge in [0, 0.05) is 10.7 Å². The molecule has 0 aliphatic rings. The Morgan fingerprint density at radius 3 is 2.82 bits per heavy atom. The summed E-state index contributed by atoms with van der Waals surface area (Å²) >= 11 is 3.41. The van der Waals surface area contributed by atoms with Crippen LogP contribution in [-0.2, 0) is 0 Å². The number of nitrogens with one attached hydrogen (secondary N) is 1. The van der Waals surface area contributed by atoms with Crippen LogP contribution in [0.1, 0.15) is 16.2 Å². The number of fused-ring (bicyclic) bond motifs is 1. The predicted molar refractivity (Wildman–Crippen MR) is 88.6 cm³/mol. The molecule has 0 saturated carbocycles. The van der Waals surface area contributed by atoms with Crippen LogP contribution in [-0.4, -0.2) is 22.4 Å². The van der Waals surface area contributed by atoms with E-state index in [1.807, 2.05) is 37.4 Å². The van der Waals surface area contributed by atoms with Crippen LogP contribution in [0.15, 0.2) is 47.1 Å². The third-order valence-electron chi connectivity index (χ3n) is 3.33. The van der Waals surface area contributed by atoms with Gasteiger partial charge in [-0.2, -0.15) is 0 Å². The Labute approximate surface area is 136 Å². The average molecular weight is 360 g/mol. The van der Waals surface area contributed by atoms with E-state index in [2.05, 4.69) is 26.2 Å². The second kappa shape index (κ2) is 5.81. The molecule has 1 N–H and O–H groups in total. The number of para-hydroxylation sites is 2. The first-order valence-electron chi connectivity index (χ1n) is 6.68. The Kier molecular flexibility index (Phi) is 3.85. The average Bonchev–Trinajstić information content (AvgIpc) is 2.83. The number of aryl methyl sites for hydroxylation is 1. The van der Waals surface area contributed by atoms with E-state index >= 15 is 0 Å². The number of ether oxygens (including phenoxy) is 1. The first-order valence-corrected chi connectivity index (χ1v) is 7.48. The fourth-order valence-electron chi connectivity index (χ4n) is 2.34. The molecule has 3 rings (SSSR count). The first-order chi connectivity index (χ1) is 10.6. The number of aromatic nitrogens is 2. The number of amides is 1. The van der Waals surface area contributed by atoms with Crippen LogP contribution in [0.4, 0.5) is 5.69 Å². The minimum Gasteiger partial charge on any atom is -0.495 e. The summed E-state index contributed by atoms with van der Waals surface area (Å²) in [4.78, 5) is 17.1. The van der Waals surface area contributed by atoms with Gasteiger partial charge in [0.2, 0.25) is 0 Å². The van der Waals surface area contributed by atoms with Crippen molar-refractivity contribution in [3.05, 3.63) is 58.5 Å². The molecule has 0 spiro atoms. The number of rotatable bonds is 3. The standard InChI is InChI=1S/C16H14BrN3O2/c1-10-15(20-9-11(17)7-8-14(20)18-10)16(21)19-12-5-3-4-6-13(12)22-2/h3-9H,1-2H3,(H,19,21). The Bertz CT molecular complexity index is 858. The molecule has 0 saturated heterocycles. The lowest BCUT2D eigenvalue weighted by Gasteiger charge is -2.10. The number of anilines is 1. The van der Waals surface area contributed by atoms with Crippen LogP contribution in [0.3, 0.4) is 0 Å². The zero-order valence-corrected chi connectivity index (χ0v) is 13.7.